The Morgan fingerprint density at radius 3 is 2.60 bits per heavy atom. The molecule has 20 heavy (non-hydrogen) atoms. The van der Waals surface area contributed by atoms with Crippen molar-refractivity contribution < 1.29 is 10.2 Å². The molecule has 0 radical (unpaired) electrons. The van der Waals surface area contributed by atoms with E-state index < -0.39 is 0 Å². The van der Waals surface area contributed by atoms with Crippen LogP contribution in [-0.4, -0.2) is 20.2 Å². The summed E-state index contributed by atoms with van der Waals surface area (Å²) in [6.45, 7) is 3.75. The van der Waals surface area contributed by atoms with Gasteiger partial charge in [-0.25, -0.2) is 4.98 Å². The summed E-state index contributed by atoms with van der Waals surface area (Å²) in [4.78, 5) is 7.35. The summed E-state index contributed by atoms with van der Waals surface area (Å²) in [5, 5.41) is 21.8. The third-order valence-corrected chi connectivity index (χ3v) is 3.55. The lowest BCUT2D eigenvalue weighted by Gasteiger charge is -2.10. The smallest absolute Gasteiger partial charge is 0.119 e. The maximum absolute atomic E-state index is 10.1. The van der Waals surface area contributed by atoms with E-state index in [1.165, 1.54) is 0 Å². The molecule has 1 heterocycles. The number of imidazole rings is 1. The normalized spacial score (nSPS) is 11.1. The van der Waals surface area contributed by atoms with Crippen LogP contribution in [0.5, 0.6) is 11.5 Å². The summed E-state index contributed by atoms with van der Waals surface area (Å²) in [6.07, 6.45) is 2.36. The molecule has 0 aliphatic rings. The van der Waals surface area contributed by atoms with Crippen LogP contribution in [0.4, 0.5) is 0 Å². The number of fused-ring (bicyclic) bond motifs is 1. The topological polar surface area (TPSA) is 69.1 Å². The van der Waals surface area contributed by atoms with Gasteiger partial charge in [0.2, 0.25) is 0 Å². The molecule has 0 aliphatic carbocycles. The van der Waals surface area contributed by atoms with E-state index in [9.17, 15) is 10.2 Å². The zero-order chi connectivity index (χ0) is 14.3. The van der Waals surface area contributed by atoms with Gasteiger partial charge in [0.1, 0.15) is 17.3 Å². The Labute approximate surface area is 116 Å². The van der Waals surface area contributed by atoms with Crippen LogP contribution in [0.1, 0.15) is 22.6 Å². The Morgan fingerprint density at radius 1 is 1.10 bits per heavy atom. The van der Waals surface area contributed by atoms with E-state index in [2.05, 4.69) is 9.97 Å². The monoisotopic (exact) mass is 268 g/mol. The lowest BCUT2D eigenvalue weighted by Crippen LogP contribution is -1.92. The van der Waals surface area contributed by atoms with Gasteiger partial charge in [0, 0.05) is 23.9 Å². The molecule has 0 bridgehead atoms. The van der Waals surface area contributed by atoms with Gasteiger partial charge in [0.25, 0.3) is 0 Å². The molecule has 0 amide bonds. The molecule has 0 fully saturated rings. The second kappa shape index (κ2) is 4.56. The zero-order valence-electron chi connectivity index (χ0n) is 11.4. The number of phenols is 2. The average molecular weight is 268 g/mol. The Hall–Kier alpha value is -2.49. The number of aryl methyl sites for hydroxylation is 2. The number of phenolic OH excluding ortho intramolecular Hbond substituents is 2. The number of benzene rings is 2. The van der Waals surface area contributed by atoms with Crippen molar-refractivity contribution >= 4 is 10.8 Å². The van der Waals surface area contributed by atoms with Crippen molar-refractivity contribution in [1.82, 2.24) is 9.97 Å². The van der Waals surface area contributed by atoms with Gasteiger partial charge in [-0.05, 0) is 48.4 Å². The number of aromatic nitrogens is 2. The van der Waals surface area contributed by atoms with E-state index in [1.54, 1.807) is 18.3 Å². The van der Waals surface area contributed by atoms with E-state index in [1.807, 2.05) is 26.0 Å². The zero-order valence-corrected chi connectivity index (χ0v) is 11.4. The molecule has 4 heteroatoms. The second-order valence-corrected chi connectivity index (χ2v) is 5.09. The van der Waals surface area contributed by atoms with Gasteiger partial charge in [0.15, 0.2) is 0 Å². The van der Waals surface area contributed by atoms with Crippen molar-refractivity contribution in [3.63, 3.8) is 0 Å². The van der Waals surface area contributed by atoms with Crippen molar-refractivity contribution in [2.45, 2.75) is 20.3 Å². The Balaban J connectivity index is 2.17. The Morgan fingerprint density at radius 2 is 1.90 bits per heavy atom. The molecule has 0 saturated heterocycles. The van der Waals surface area contributed by atoms with Crippen LogP contribution in [0, 0.1) is 13.8 Å². The summed E-state index contributed by atoms with van der Waals surface area (Å²) < 4.78 is 0. The van der Waals surface area contributed by atoms with Gasteiger partial charge < -0.3 is 15.2 Å². The molecule has 0 saturated carbocycles. The Bertz CT molecular complexity index is 791. The van der Waals surface area contributed by atoms with Gasteiger partial charge in [-0.3, -0.25) is 0 Å². The van der Waals surface area contributed by atoms with Gasteiger partial charge in [-0.2, -0.15) is 0 Å². The number of hydrogen-bond acceptors (Lipinski definition) is 3. The van der Waals surface area contributed by atoms with Crippen LogP contribution >= 0.6 is 0 Å². The quantitative estimate of drug-likeness (QED) is 0.668. The number of aromatic hydroxyl groups is 2. The number of rotatable bonds is 2. The van der Waals surface area contributed by atoms with E-state index in [0.717, 1.165) is 33.4 Å². The first kappa shape index (κ1) is 12.5. The number of hydrogen-bond donors (Lipinski definition) is 3. The largest absolute Gasteiger partial charge is 0.508 e. The first-order chi connectivity index (χ1) is 9.54. The van der Waals surface area contributed by atoms with Gasteiger partial charge in [-0.1, -0.05) is 6.07 Å². The third kappa shape index (κ3) is 2.09. The molecule has 0 unspecified atom stereocenters. The van der Waals surface area contributed by atoms with Gasteiger partial charge >= 0.3 is 0 Å². The first-order valence-corrected chi connectivity index (χ1v) is 6.49. The lowest BCUT2D eigenvalue weighted by atomic mass is 9.98. The molecule has 1 aromatic heterocycles. The number of aromatic amines is 1. The SMILES string of the molecule is Cc1ncc(Cc2c(O)ccc3cc(O)c(C)cc23)[nH]1. The molecule has 0 atom stereocenters. The standard InChI is InChI=1S/C16H16N2O2/c1-9-5-13-11(6-16(9)20)3-4-15(19)14(13)7-12-8-17-10(2)18-12/h3-6,8,19-20H,7H2,1-2H3,(H,17,18). The third-order valence-electron chi connectivity index (χ3n) is 3.55. The fourth-order valence-corrected chi connectivity index (χ4v) is 2.46. The molecular weight excluding hydrogens is 252 g/mol. The predicted octanol–water partition coefficient (Wildman–Crippen LogP) is 3.18. The maximum Gasteiger partial charge on any atom is 0.119 e. The fourth-order valence-electron chi connectivity index (χ4n) is 2.46. The minimum absolute atomic E-state index is 0.259. The summed E-state index contributed by atoms with van der Waals surface area (Å²) in [5.74, 6) is 1.38. The summed E-state index contributed by atoms with van der Waals surface area (Å²) in [7, 11) is 0. The number of nitrogens with one attached hydrogen (secondary N) is 1. The molecular formula is C16H16N2O2. The van der Waals surface area contributed by atoms with Gasteiger partial charge in [0.05, 0.1) is 0 Å². The van der Waals surface area contributed by atoms with Crippen molar-refractivity contribution in [3.05, 3.63) is 53.1 Å². The van der Waals surface area contributed by atoms with Crippen LogP contribution in [0.15, 0.2) is 30.5 Å². The highest BCUT2D eigenvalue weighted by Gasteiger charge is 2.11. The second-order valence-electron chi connectivity index (χ2n) is 5.09. The van der Waals surface area contributed by atoms with Crippen LogP contribution in [-0.2, 0) is 6.42 Å². The van der Waals surface area contributed by atoms with E-state index in [-0.39, 0.29) is 11.5 Å². The number of nitrogens with zero attached hydrogens (tertiary/aromatic N) is 1. The van der Waals surface area contributed by atoms with E-state index >= 15 is 0 Å². The van der Waals surface area contributed by atoms with Crippen molar-refractivity contribution in [2.75, 3.05) is 0 Å². The summed E-state index contributed by atoms with van der Waals surface area (Å²) >= 11 is 0. The minimum Gasteiger partial charge on any atom is -0.508 e. The maximum atomic E-state index is 10.1. The molecule has 2 aromatic carbocycles. The highest BCUT2D eigenvalue weighted by atomic mass is 16.3. The van der Waals surface area contributed by atoms with Crippen molar-refractivity contribution in [2.24, 2.45) is 0 Å². The minimum atomic E-state index is 0.259. The van der Waals surface area contributed by atoms with Crippen LogP contribution < -0.4 is 0 Å². The molecule has 3 N–H and O–H groups in total. The summed E-state index contributed by atoms with van der Waals surface area (Å²) in [6, 6.07) is 7.11. The Kier molecular flexibility index (Phi) is 2.86. The molecule has 4 nitrogen and oxygen atoms in total. The summed E-state index contributed by atoms with van der Waals surface area (Å²) in [5.41, 5.74) is 2.59. The average Bonchev–Trinajstić information content (AvgIpc) is 2.81. The van der Waals surface area contributed by atoms with Crippen molar-refractivity contribution in [3.8, 4) is 11.5 Å². The predicted molar refractivity (Wildman–Crippen MR) is 78.1 cm³/mol. The van der Waals surface area contributed by atoms with Crippen molar-refractivity contribution in [1.29, 1.82) is 0 Å². The van der Waals surface area contributed by atoms with Crippen LogP contribution in [0.25, 0.3) is 10.8 Å². The molecule has 3 rings (SSSR count). The molecule has 0 spiro atoms. The van der Waals surface area contributed by atoms with Crippen LogP contribution in [0.3, 0.4) is 0 Å². The highest BCUT2D eigenvalue weighted by Crippen LogP contribution is 2.32. The lowest BCUT2D eigenvalue weighted by molar-refractivity contribution is 0.469. The fraction of sp³-hybridized carbons (Fsp3) is 0.188. The van der Waals surface area contributed by atoms with Gasteiger partial charge in [-0.15, -0.1) is 0 Å². The van der Waals surface area contributed by atoms with Crippen LogP contribution in [0.2, 0.25) is 0 Å². The van der Waals surface area contributed by atoms with E-state index in [4.69, 9.17) is 0 Å². The molecule has 0 aliphatic heterocycles. The van der Waals surface area contributed by atoms with E-state index in [0.29, 0.717) is 6.42 Å². The molecule has 3 aromatic rings. The number of H-pyrrole nitrogens is 1. The molecule has 102 valence electrons. The highest BCUT2D eigenvalue weighted by molar-refractivity contribution is 5.90. The first-order valence-electron chi connectivity index (χ1n) is 6.49.